The topological polar surface area (TPSA) is 152 Å². The van der Waals surface area contributed by atoms with Crippen molar-refractivity contribution in [3.8, 4) is 40.2 Å². The number of rotatable bonds is 36. The molecule has 9 rings (SSSR count). The van der Waals surface area contributed by atoms with Gasteiger partial charge in [0.05, 0.1) is 13.2 Å². The Hall–Kier alpha value is -9.07. The fourth-order valence-electron chi connectivity index (χ4n) is 12.2. The van der Waals surface area contributed by atoms with Crippen LogP contribution in [-0.2, 0) is 31.8 Å². The van der Waals surface area contributed by atoms with Gasteiger partial charge in [0.15, 0.2) is 18.9 Å². The minimum Gasteiger partial charge on any atom is -0.508 e. The second kappa shape index (κ2) is 62.9. The Morgan fingerprint density at radius 1 is 0.268 bits per heavy atom. The van der Waals surface area contributed by atoms with Gasteiger partial charge in [-0.25, -0.2) is 4.79 Å². The molecule has 12 nitrogen and oxygen atoms in total. The monoisotopic (exact) mass is 1690 g/mol. The molecule has 123 heavy (non-hydrogen) atoms. The maximum atomic E-state index is 11.5. The van der Waals surface area contributed by atoms with Crippen LogP contribution in [0.5, 0.6) is 40.2 Å². The van der Waals surface area contributed by atoms with Crippen LogP contribution in [0.25, 0.3) is 0 Å². The number of hydrogen-bond donors (Lipinski definition) is 3. The fraction of sp³-hybridized carbons (Fsp3) is 0.505. The summed E-state index contributed by atoms with van der Waals surface area (Å²) < 4.78 is 44.4. The lowest BCUT2D eigenvalue weighted by atomic mass is 9.97. The Kier molecular flexibility index (Phi) is 56.3. The zero-order valence-electron chi connectivity index (χ0n) is 81.0. The maximum Gasteiger partial charge on any atom is 0.514 e. The lowest BCUT2D eigenvalue weighted by Gasteiger charge is -2.18. The normalized spacial score (nSPS) is 13.7. The Balaban J connectivity index is 0.000000494. The molecule has 0 aliphatic rings. The molecule has 0 aliphatic carbocycles. The molecule has 0 heterocycles. The third kappa shape index (κ3) is 47.0. The molecule has 0 spiro atoms. The van der Waals surface area contributed by atoms with Crippen LogP contribution in [0.3, 0.4) is 0 Å². The number of unbranched alkanes of at least 4 members (excludes halogenated alkanes) is 1. The van der Waals surface area contributed by atoms with Gasteiger partial charge in [0.1, 0.15) is 45.8 Å². The number of aromatic hydroxyl groups is 3. The number of hydrogen-bond acceptors (Lipinski definition) is 12. The Morgan fingerprint density at radius 2 is 0.455 bits per heavy atom. The molecule has 0 fully saturated rings. The molecule has 0 saturated heterocycles. The second-order valence-corrected chi connectivity index (χ2v) is 33.6. The van der Waals surface area contributed by atoms with Crippen LogP contribution in [0.15, 0.2) is 218 Å². The first kappa shape index (κ1) is 110. The lowest BCUT2D eigenvalue weighted by Crippen LogP contribution is -2.25. The quantitative estimate of drug-likeness (QED) is 0.0148. The van der Waals surface area contributed by atoms with Crippen molar-refractivity contribution >= 4 is 6.16 Å². The van der Waals surface area contributed by atoms with E-state index in [9.17, 15) is 4.79 Å². The predicted molar refractivity (Wildman–Crippen MR) is 520 cm³/mol. The SMILES string of the molecule is CCC(C)c1ccc(O)cc1.CCC(C)c1ccc(O)cc1.CCC(C)c1ccc(O)cc1.CCC(C)c1ccc(OC(=O)OC(C)(C)C)cc1.CCC(C)c1ccc(OC(C)OCCCCOC(C)Oc2ccc(C(C)CC)cc2)cc1.CCOC(C)Oc1ccc(C(C)CC)cc1.CCc1ccc(C(C)CC)cc1.CCc1ccc(C(C)CC)cc1. The third-order valence-electron chi connectivity index (χ3n) is 22.8. The van der Waals surface area contributed by atoms with E-state index >= 15 is 0 Å². The van der Waals surface area contributed by atoms with E-state index in [0.717, 1.165) is 87.9 Å². The van der Waals surface area contributed by atoms with E-state index in [1.807, 2.05) is 113 Å². The Morgan fingerprint density at radius 3 is 0.642 bits per heavy atom. The van der Waals surface area contributed by atoms with Crippen LogP contribution in [-0.4, -0.2) is 65.8 Å². The van der Waals surface area contributed by atoms with Gasteiger partial charge in [-0.1, -0.05) is 272 Å². The number of carbonyl (C=O) groups is 1. The van der Waals surface area contributed by atoms with Crippen molar-refractivity contribution in [2.45, 2.75) is 348 Å². The van der Waals surface area contributed by atoms with Crippen molar-refractivity contribution in [1.82, 2.24) is 0 Å². The van der Waals surface area contributed by atoms with Gasteiger partial charge in [-0.05, 0) is 331 Å². The van der Waals surface area contributed by atoms with Crippen LogP contribution in [0.4, 0.5) is 4.79 Å². The van der Waals surface area contributed by atoms with E-state index in [0.29, 0.717) is 96.1 Å². The summed E-state index contributed by atoms with van der Waals surface area (Å²) in [7, 11) is 0. The molecule has 9 aromatic carbocycles. The van der Waals surface area contributed by atoms with Crippen molar-refractivity contribution in [3.05, 3.63) is 280 Å². The predicted octanol–water partition coefficient (Wildman–Crippen LogP) is 32.4. The van der Waals surface area contributed by atoms with Crippen LogP contribution >= 0.6 is 0 Å². The summed E-state index contributed by atoms with van der Waals surface area (Å²) in [5, 5.41) is 27.0. The molecule has 680 valence electrons. The first-order valence-electron chi connectivity index (χ1n) is 46.4. The number of carbonyl (C=O) groups excluding carboxylic acids is 1. The summed E-state index contributed by atoms with van der Waals surface area (Å²) >= 11 is 0. The zero-order valence-corrected chi connectivity index (χ0v) is 81.0. The van der Waals surface area contributed by atoms with E-state index < -0.39 is 11.8 Å². The number of aryl methyl sites for hydroxylation is 2. The van der Waals surface area contributed by atoms with E-state index in [4.69, 9.17) is 53.2 Å². The van der Waals surface area contributed by atoms with E-state index in [-0.39, 0.29) is 18.9 Å². The molecule has 0 saturated carbocycles. The highest BCUT2D eigenvalue weighted by molar-refractivity contribution is 5.64. The average Bonchev–Trinajstić information content (AvgIpc) is 0.897. The molecule has 0 radical (unpaired) electrons. The van der Waals surface area contributed by atoms with Gasteiger partial charge in [0.25, 0.3) is 0 Å². The van der Waals surface area contributed by atoms with Gasteiger partial charge < -0.3 is 53.2 Å². The smallest absolute Gasteiger partial charge is 0.508 e. The van der Waals surface area contributed by atoms with Gasteiger partial charge >= 0.3 is 6.16 Å². The van der Waals surface area contributed by atoms with Crippen molar-refractivity contribution in [1.29, 1.82) is 0 Å². The Bertz CT molecular complexity index is 3820. The summed E-state index contributed by atoms with van der Waals surface area (Å²) in [4.78, 5) is 11.5. The number of phenols is 3. The van der Waals surface area contributed by atoms with Crippen LogP contribution < -0.4 is 18.9 Å². The van der Waals surface area contributed by atoms with Crippen molar-refractivity contribution in [2.75, 3.05) is 19.8 Å². The van der Waals surface area contributed by atoms with E-state index in [1.54, 1.807) is 69.3 Å². The van der Waals surface area contributed by atoms with Gasteiger partial charge in [0, 0.05) is 6.61 Å². The van der Waals surface area contributed by atoms with E-state index in [2.05, 4.69) is 223 Å². The highest BCUT2D eigenvalue weighted by atomic mass is 16.7. The molecule has 0 aliphatic heterocycles. The molecule has 12 heteroatoms. The largest absolute Gasteiger partial charge is 0.514 e. The van der Waals surface area contributed by atoms with Crippen molar-refractivity contribution in [3.63, 3.8) is 0 Å². The maximum absolute atomic E-state index is 11.5. The molecule has 0 aromatic heterocycles. The Labute approximate surface area is 747 Å². The minimum absolute atomic E-state index is 0.181. The number of phenolic OH excluding ortho intramolecular Hbond substituents is 3. The second-order valence-electron chi connectivity index (χ2n) is 33.6. The molecular formula is C111H164O12. The third-order valence-corrected chi connectivity index (χ3v) is 22.8. The number of ether oxygens (including phenoxy) is 8. The molecule has 12 unspecified atom stereocenters. The van der Waals surface area contributed by atoms with Gasteiger partial charge in [0.2, 0.25) is 0 Å². The van der Waals surface area contributed by atoms with Crippen molar-refractivity contribution < 1.29 is 58.0 Å². The highest BCUT2D eigenvalue weighted by Gasteiger charge is 2.19. The van der Waals surface area contributed by atoms with Gasteiger partial charge in [-0.2, -0.15) is 0 Å². The van der Waals surface area contributed by atoms with Gasteiger partial charge in [-0.15, -0.1) is 0 Å². The average molecular weight is 1690 g/mol. The zero-order chi connectivity index (χ0) is 91.8. The van der Waals surface area contributed by atoms with Crippen LogP contribution in [0.1, 0.15) is 372 Å². The summed E-state index contributed by atoms with van der Waals surface area (Å²) in [6.07, 6.45) is 13.1. The van der Waals surface area contributed by atoms with Crippen LogP contribution in [0.2, 0.25) is 0 Å². The molecule has 0 bridgehead atoms. The van der Waals surface area contributed by atoms with Crippen LogP contribution in [0, 0.1) is 0 Å². The lowest BCUT2D eigenvalue weighted by molar-refractivity contribution is -0.0804. The van der Waals surface area contributed by atoms with Crippen molar-refractivity contribution in [2.24, 2.45) is 0 Å². The summed E-state index contributed by atoms with van der Waals surface area (Å²) in [5.41, 5.74) is 14.4. The summed E-state index contributed by atoms with van der Waals surface area (Å²) in [6, 6.07) is 72.7. The minimum atomic E-state index is -0.668. The standard InChI is InChI=1S/C28H42O4.C15H22O3.C14H22O2.2C12H18.3C10H14O/c1-7-21(3)25-11-15-27(16-12-25)31-23(5)29-19-9-10-20-30-24(6)32-28-17-13-26(14-18-28)22(4)8-2;1-6-11(2)12-7-9-13(10-8-12)17-14(16)18-15(3,4)5;1-5-11(3)13-7-9-14(10-8-13)16-12(4)15-6-2;2*1-4-10(3)12-8-6-11(5-2)7-9-12;3*1-3-8(2)9-4-6-10(11)7-5-9/h11-18,21-24H,7-10,19-20H2,1-6H3;7-11H,6H2,1-5H3;7-12H,5-6H2,1-4H3;2*6-10H,4-5H2,1-3H3;3*4-8,11H,3H2,1-2H3. The summed E-state index contributed by atoms with van der Waals surface area (Å²) in [6.45, 7) is 59.2. The first-order valence-corrected chi connectivity index (χ1v) is 46.4. The molecule has 9 aromatic rings. The fourth-order valence-corrected chi connectivity index (χ4v) is 12.2. The van der Waals surface area contributed by atoms with E-state index in [1.165, 1.54) is 74.0 Å². The molecule has 3 N–H and O–H groups in total. The molecular weight excluding hydrogens is 1530 g/mol. The first-order chi connectivity index (χ1) is 58.7. The van der Waals surface area contributed by atoms with Gasteiger partial charge in [-0.3, -0.25) is 0 Å². The summed E-state index contributed by atoms with van der Waals surface area (Å²) in [5.74, 6) is 9.56. The highest BCUT2D eigenvalue weighted by Crippen LogP contribution is 2.30. The number of benzene rings is 9. The molecule has 12 atom stereocenters. The molecule has 0 amide bonds.